The summed E-state index contributed by atoms with van der Waals surface area (Å²) in [5.41, 5.74) is 6.13. The lowest BCUT2D eigenvalue weighted by atomic mass is 10.1. The van der Waals surface area contributed by atoms with E-state index in [0.29, 0.717) is 36.7 Å². The molecule has 0 aliphatic carbocycles. The molecule has 4 amide bonds. The number of carbonyl (C=O) groups excluding carboxylic acids is 4. The summed E-state index contributed by atoms with van der Waals surface area (Å²) < 4.78 is 43.2. The number of nitrogens with one attached hydrogen (secondary N) is 3. The van der Waals surface area contributed by atoms with Crippen LogP contribution in [0.25, 0.3) is 0 Å². The van der Waals surface area contributed by atoms with E-state index in [4.69, 9.17) is 19.9 Å². The molecule has 0 spiro atoms. The van der Waals surface area contributed by atoms with Gasteiger partial charge in [0.1, 0.15) is 0 Å². The Bertz CT molecular complexity index is 1560. The van der Waals surface area contributed by atoms with Crippen LogP contribution in [0.5, 0.6) is 17.4 Å². The molecule has 228 valence electrons. The number of hydrogen-bond donors (Lipinski definition) is 4. The number of pyridine rings is 1. The average molecular weight is 614 g/mol. The number of ether oxygens (including phenoxy) is 3. The molecule has 0 aliphatic heterocycles. The van der Waals surface area contributed by atoms with Gasteiger partial charge in [-0.3, -0.25) is 19.7 Å². The van der Waals surface area contributed by atoms with Crippen LogP contribution >= 0.6 is 0 Å². The first-order valence-electron chi connectivity index (χ1n) is 13.1. The predicted octanol–water partition coefficient (Wildman–Crippen LogP) is 1.54. The van der Waals surface area contributed by atoms with Crippen LogP contribution in [-0.2, 0) is 21.2 Å². The topological polar surface area (TPSA) is 205 Å². The maximum absolute atomic E-state index is 12.7. The monoisotopic (exact) mass is 613 g/mol. The maximum Gasteiger partial charge on any atom is 0.420 e. The van der Waals surface area contributed by atoms with Gasteiger partial charge in [-0.15, -0.1) is 0 Å². The molecule has 5 N–H and O–H groups in total. The van der Waals surface area contributed by atoms with Gasteiger partial charge in [0.25, 0.3) is 21.8 Å². The van der Waals surface area contributed by atoms with Crippen molar-refractivity contribution in [3.63, 3.8) is 0 Å². The standard InChI is InChI=1S/C28H31N5O9S/c1-3-40-22-11-7-19(15-23(22)41-4-2)26(35)30-14-13-18-5-9-21(10-6-18)43(38,39)33-27(36)20-8-12-25(31-17-20)42-28(37)32-24(34)16-29/h5-12,15,17H,3-4,13-14,16,29H2,1-2H3,(H,30,35)(H,33,36)(H,32,34,37). The van der Waals surface area contributed by atoms with Crippen molar-refractivity contribution in [2.45, 2.75) is 25.2 Å². The van der Waals surface area contributed by atoms with Crippen LogP contribution in [0.1, 0.15) is 40.1 Å². The highest BCUT2D eigenvalue weighted by molar-refractivity contribution is 7.90. The fraction of sp³-hybridized carbons (Fsp3) is 0.250. The third-order valence-electron chi connectivity index (χ3n) is 5.59. The number of nitrogens with zero attached hydrogens (tertiary/aromatic N) is 1. The quantitative estimate of drug-likeness (QED) is 0.218. The molecule has 15 heteroatoms. The molecule has 1 heterocycles. The summed E-state index contributed by atoms with van der Waals surface area (Å²) in [4.78, 5) is 51.3. The molecular weight excluding hydrogens is 582 g/mol. The molecular formula is C28H31N5O9S. The number of benzene rings is 2. The van der Waals surface area contributed by atoms with Gasteiger partial charge in [0.05, 0.1) is 30.2 Å². The number of sulfonamides is 1. The summed E-state index contributed by atoms with van der Waals surface area (Å²) in [6.45, 7) is 4.44. The Morgan fingerprint density at radius 1 is 0.860 bits per heavy atom. The van der Waals surface area contributed by atoms with Crippen LogP contribution in [0.2, 0.25) is 0 Å². The molecule has 3 rings (SSSR count). The second-order valence-corrected chi connectivity index (χ2v) is 10.3. The minimum Gasteiger partial charge on any atom is -0.490 e. The fourth-order valence-corrected chi connectivity index (χ4v) is 4.52. The van der Waals surface area contributed by atoms with Gasteiger partial charge in [-0.25, -0.2) is 22.9 Å². The van der Waals surface area contributed by atoms with E-state index in [1.165, 1.54) is 18.2 Å². The van der Waals surface area contributed by atoms with Crippen molar-refractivity contribution in [2.24, 2.45) is 5.73 Å². The average Bonchev–Trinajstić information content (AvgIpc) is 2.98. The Balaban J connectivity index is 1.53. The molecule has 0 saturated carbocycles. The summed E-state index contributed by atoms with van der Waals surface area (Å²) in [5.74, 6) is -1.23. The SMILES string of the molecule is CCOc1ccc(C(=O)NCCc2ccc(S(=O)(=O)NC(=O)c3ccc(OC(=O)NC(=O)CN)nc3)cc2)cc1OCC. The Hall–Kier alpha value is -5.02. The first-order valence-corrected chi connectivity index (χ1v) is 14.6. The van der Waals surface area contributed by atoms with Crippen molar-refractivity contribution in [1.29, 1.82) is 0 Å². The van der Waals surface area contributed by atoms with E-state index in [2.05, 4.69) is 10.3 Å². The van der Waals surface area contributed by atoms with Crippen LogP contribution in [0.15, 0.2) is 65.7 Å². The van der Waals surface area contributed by atoms with E-state index in [0.717, 1.165) is 17.8 Å². The molecule has 1 aromatic heterocycles. The Morgan fingerprint density at radius 3 is 2.16 bits per heavy atom. The van der Waals surface area contributed by atoms with Crippen LogP contribution in [0.3, 0.4) is 0 Å². The first-order chi connectivity index (χ1) is 20.6. The Kier molecular flexibility index (Phi) is 11.5. The number of imide groups is 1. The van der Waals surface area contributed by atoms with Gasteiger partial charge in [-0.05, 0) is 62.2 Å². The lowest BCUT2D eigenvalue weighted by molar-refractivity contribution is -0.118. The summed E-state index contributed by atoms with van der Waals surface area (Å²) in [6, 6.07) is 13.1. The summed E-state index contributed by atoms with van der Waals surface area (Å²) in [6.07, 6.45) is 0.310. The molecule has 0 fully saturated rings. The zero-order valence-electron chi connectivity index (χ0n) is 23.4. The van der Waals surface area contributed by atoms with Crippen molar-refractivity contribution < 1.29 is 41.8 Å². The number of nitrogens with two attached hydrogens (primary N) is 1. The molecule has 43 heavy (non-hydrogen) atoms. The van der Waals surface area contributed by atoms with E-state index < -0.39 is 34.5 Å². The van der Waals surface area contributed by atoms with Gasteiger partial charge < -0.3 is 25.3 Å². The molecule has 2 aromatic carbocycles. The smallest absolute Gasteiger partial charge is 0.420 e. The van der Waals surface area contributed by atoms with Gasteiger partial charge >= 0.3 is 6.09 Å². The van der Waals surface area contributed by atoms with Crippen LogP contribution < -0.4 is 35.3 Å². The highest BCUT2D eigenvalue weighted by atomic mass is 32.2. The summed E-state index contributed by atoms with van der Waals surface area (Å²) in [7, 11) is -4.22. The molecule has 0 unspecified atom stereocenters. The van der Waals surface area contributed by atoms with Crippen molar-refractivity contribution in [1.82, 2.24) is 20.3 Å². The lowest BCUT2D eigenvalue weighted by Gasteiger charge is -2.12. The van der Waals surface area contributed by atoms with Gasteiger partial charge in [0.15, 0.2) is 11.5 Å². The minimum atomic E-state index is -4.22. The lowest BCUT2D eigenvalue weighted by Crippen LogP contribution is -2.37. The van der Waals surface area contributed by atoms with Gasteiger partial charge in [0.2, 0.25) is 11.8 Å². The fourth-order valence-electron chi connectivity index (χ4n) is 3.55. The zero-order chi connectivity index (χ0) is 31.4. The normalized spacial score (nSPS) is 10.8. The number of amides is 4. The van der Waals surface area contributed by atoms with Crippen LogP contribution in [-0.4, -0.2) is 63.5 Å². The number of carbonyl (C=O) groups is 4. The van der Waals surface area contributed by atoms with Crippen LogP contribution in [0.4, 0.5) is 4.79 Å². The number of aromatic nitrogens is 1. The van der Waals surface area contributed by atoms with E-state index in [9.17, 15) is 27.6 Å². The van der Waals surface area contributed by atoms with Crippen molar-refractivity contribution in [3.8, 4) is 17.4 Å². The van der Waals surface area contributed by atoms with Crippen molar-refractivity contribution in [3.05, 3.63) is 77.5 Å². The first kappa shape index (κ1) is 32.5. The second kappa shape index (κ2) is 15.3. The molecule has 0 bridgehead atoms. The second-order valence-electron chi connectivity index (χ2n) is 8.64. The van der Waals surface area contributed by atoms with E-state index in [-0.39, 0.29) is 28.8 Å². The predicted molar refractivity (Wildman–Crippen MR) is 153 cm³/mol. The maximum atomic E-state index is 12.7. The Labute approximate surface area is 248 Å². The van der Waals surface area contributed by atoms with E-state index >= 15 is 0 Å². The van der Waals surface area contributed by atoms with Crippen molar-refractivity contribution >= 4 is 33.8 Å². The van der Waals surface area contributed by atoms with E-state index in [1.807, 2.05) is 23.9 Å². The largest absolute Gasteiger partial charge is 0.490 e. The van der Waals surface area contributed by atoms with Gasteiger partial charge in [-0.2, -0.15) is 0 Å². The Morgan fingerprint density at radius 2 is 1.53 bits per heavy atom. The third-order valence-corrected chi connectivity index (χ3v) is 6.94. The van der Waals surface area contributed by atoms with Crippen LogP contribution in [0, 0.1) is 0 Å². The van der Waals surface area contributed by atoms with Gasteiger partial charge in [-0.1, -0.05) is 12.1 Å². The highest BCUT2D eigenvalue weighted by Crippen LogP contribution is 2.28. The highest BCUT2D eigenvalue weighted by Gasteiger charge is 2.20. The van der Waals surface area contributed by atoms with E-state index in [1.54, 1.807) is 30.3 Å². The van der Waals surface area contributed by atoms with Crippen molar-refractivity contribution in [2.75, 3.05) is 26.3 Å². The minimum absolute atomic E-state index is 0.123. The third kappa shape index (κ3) is 9.51. The molecule has 0 saturated heterocycles. The number of hydrogen-bond acceptors (Lipinski definition) is 11. The molecule has 0 atom stereocenters. The summed E-state index contributed by atoms with van der Waals surface area (Å²) >= 11 is 0. The molecule has 0 radical (unpaired) electrons. The van der Waals surface area contributed by atoms with Gasteiger partial charge in [0, 0.05) is 24.4 Å². The molecule has 3 aromatic rings. The number of rotatable bonds is 13. The molecule has 14 nitrogen and oxygen atoms in total. The molecule has 0 aliphatic rings. The summed E-state index contributed by atoms with van der Waals surface area (Å²) in [5, 5.41) is 4.67. The zero-order valence-corrected chi connectivity index (χ0v) is 24.2.